The fraction of sp³-hybridized carbons (Fsp3) is 0.467. The van der Waals surface area contributed by atoms with Gasteiger partial charge in [-0.1, -0.05) is 22.4 Å². The number of piperidine rings is 1. The van der Waals surface area contributed by atoms with Gasteiger partial charge in [0.2, 0.25) is 5.91 Å². The van der Waals surface area contributed by atoms with Crippen LogP contribution in [0.5, 0.6) is 0 Å². The summed E-state index contributed by atoms with van der Waals surface area (Å²) < 4.78 is 0.988. The number of rotatable bonds is 4. The van der Waals surface area contributed by atoms with Crippen LogP contribution in [0.4, 0.5) is 5.69 Å². The van der Waals surface area contributed by atoms with Gasteiger partial charge >= 0.3 is 5.97 Å². The lowest BCUT2D eigenvalue weighted by Gasteiger charge is -2.32. The van der Waals surface area contributed by atoms with Crippen LogP contribution in [-0.2, 0) is 9.59 Å². The van der Waals surface area contributed by atoms with E-state index in [1.807, 2.05) is 25.1 Å². The second-order valence-corrected chi connectivity index (χ2v) is 6.19. The minimum atomic E-state index is -0.845. The molecule has 6 heteroatoms. The summed E-state index contributed by atoms with van der Waals surface area (Å²) in [4.78, 5) is 25.0. The Labute approximate surface area is 132 Å². The molecule has 1 aliphatic heterocycles. The summed E-state index contributed by atoms with van der Waals surface area (Å²) in [6, 6.07) is 5.04. The number of halogens is 1. The lowest BCUT2D eigenvalue weighted by Crippen LogP contribution is -2.47. The number of carbonyl (C=O) groups is 2. The number of nitrogens with one attached hydrogen (secondary N) is 1. The predicted molar refractivity (Wildman–Crippen MR) is 84.4 cm³/mol. The SMILES string of the molecule is Cc1cc(NC(=O)CN2CCCCC2C(=O)O)ccc1Br. The first-order valence-electron chi connectivity index (χ1n) is 7.00. The third kappa shape index (κ3) is 4.28. The Bertz CT molecular complexity index is 548. The number of aliphatic carboxylic acids is 1. The highest BCUT2D eigenvalue weighted by molar-refractivity contribution is 9.10. The van der Waals surface area contributed by atoms with Crippen LogP contribution < -0.4 is 5.32 Å². The van der Waals surface area contributed by atoms with Crippen LogP contribution in [0.25, 0.3) is 0 Å². The number of carboxylic acids is 1. The number of benzene rings is 1. The molecular weight excluding hydrogens is 336 g/mol. The number of carboxylic acid groups (broad SMARTS) is 1. The van der Waals surface area contributed by atoms with Crippen molar-refractivity contribution in [3.63, 3.8) is 0 Å². The summed E-state index contributed by atoms with van der Waals surface area (Å²) in [6.07, 6.45) is 2.45. The van der Waals surface area contributed by atoms with Crippen molar-refractivity contribution in [3.8, 4) is 0 Å². The smallest absolute Gasteiger partial charge is 0.320 e. The molecule has 1 aromatic rings. The topological polar surface area (TPSA) is 69.6 Å². The Morgan fingerprint density at radius 3 is 2.86 bits per heavy atom. The molecule has 114 valence electrons. The van der Waals surface area contributed by atoms with E-state index in [-0.39, 0.29) is 12.5 Å². The molecule has 0 saturated carbocycles. The second-order valence-electron chi connectivity index (χ2n) is 5.33. The molecule has 1 aromatic carbocycles. The molecule has 1 fully saturated rings. The summed E-state index contributed by atoms with van der Waals surface area (Å²) in [5.74, 6) is -1.02. The van der Waals surface area contributed by atoms with Gasteiger partial charge in [-0.2, -0.15) is 0 Å². The number of hydrogen-bond acceptors (Lipinski definition) is 3. The summed E-state index contributed by atoms with van der Waals surface area (Å²) in [6.45, 7) is 2.72. The van der Waals surface area contributed by atoms with E-state index in [4.69, 9.17) is 0 Å². The van der Waals surface area contributed by atoms with Crippen LogP contribution in [-0.4, -0.2) is 41.0 Å². The zero-order valence-electron chi connectivity index (χ0n) is 11.9. The molecule has 0 aromatic heterocycles. The van der Waals surface area contributed by atoms with Crippen molar-refractivity contribution in [2.45, 2.75) is 32.2 Å². The Morgan fingerprint density at radius 2 is 2.19 bits per heavy atom. The van der Waals surface area contributed by atoms with Crippen molar-refractivity contribution in [2.24, 2.45) is 0 Å². The molecule has 1 aliphatic rings. The monoisotopic (exact) mass is 354 g/mol. The van der Waals surface area contributed by atoms with Crippen LogP contribution in [0.1, 0.15) is 24.8 Å². The highest BCUT2D eigenvalue weighted by atomic mass is 79.9. The molecule has 1 heterocycles. The maximum Gasteiger partial charge on any atom is 0.320 e. The van der Waals surface area contributed by atoms with Crippen molar-refractivity contribution in [3.05, 3.63) is 28.2 Å². The Balaban J connectivity index is 1.97. The first-order chi connectivity index (χ1) is 9.97. The van der Waals surface area contributed by atoms with Crippen molar-refractivity contribution in [2.75, 3.05) is 18.4 Å². The average molecular weight is 355 g/mol. The Kier molecular flexibility index (Phi) is 5.36. The third-order valence-corrected chi connectivity index (χ3v) is 4.58. The normalized spacial score (nSPS) is 19.2. The van der Waals surface area contributed by atoms with Gasteiger partial charge in [-0.15, -0.1) is 0 Å². The van der Waals surface area contributed by atoms with Crippen LogP contribution in [0.15, 0.2) is 22.7 Å². The highest BCUT2D eigenvalue weighted by Crippen LogP contribution is 2.21. The number of carbonyl (C=O) groups excluding carboxylic acids is 1. The molecule has 0 radical (unpaired) electrons. The van der Waals surface area contributed by atoms with Crippen molar-refractivity contribution < 1.29 is 14.7 Å². The first kappa shape index (κ1) is 16.0. The van der Waals surface area contributed by atoms with E-state index in [1.165, 1.54) is 0 Å². The van der Waals surface area contributed by atoms with Crippen LogP contribution in [0.2, 0.25) is 0 Å². The number of aryl methyl sites for hydroxylation is 1. The predicted octanol–water partition coefficient (Wildman–Crippen LogP) is 2.64. The number of likely N-dealkylation sites (tertiary alicyclic amines) is 1. The Morgan fingerprint density at radius 1 is 1.43 bits per heavy atom. The van der Waals surface area contributed by atoms with Gasteiger partial charge in [0.05, 0.1) is 6.54 Å². The first-order valence-corrected chi connectivity index (χ1v) is 7.79. The average Bonchev–Trinajstić information content (AvgIpc) is 2.43. The highest BCUT2D eigenvalue weighted by Gasteiger charge is 2.29. The molecule has 2 rings (SSSR count). The van der Waals surface area contributed by atoms with Gasteiger partial charge in [0.25, 0.3) is 0 Å². The summed E-state index contributed by atoms with van der Waals surface area (Å²) >= 11 is 3.41. The van der Waals surface area contributed by atoms with Crippen molar-refractivity contribution in [1.29, 1.82) is 0 Å². The zero-order chi connectivity index (χ0) is 15.4. The van der Waals surface area contributed by atoms with Gasteiger partial charge < -0.3 is 10.4 Å². The molecule has 21 heavy (non-hydrogen) atoms. The van der Waals surface area contributed by atoms with Gasteiger partial charge in [-0.3, -0.25) is 14.5 Å². The number of amides is 1. The molecule has 5 nitrogen and oxygen atoms in total. The van der Waals surface area contributed by atoms with E-state index in [0.717, 1.165) is 28.6 Å². The fourth-order valence-corrected chi connectivity index (χ4v) is 2.81. The van der Waals surface area contributed by atoms with Gasteiger partial charge in [0, 0.05) is 10.2 Å². The molecule has 1 unspecified atom stereocenters. The zero-order valence-corrected chi connectivity index (χ0v) is 13.5. The summed E-state index contributed by atoms with van der Waals surface area (Å²) in [5.41, 5.74) is 1.76. The third-order valence-electron chi connectivity index (χ3n) is 3.69. The van der Waals surface area contributed by atoms with E-state index in [2.05, 4.69) is 21.2 Å². The minimum Gasteiger partial charge on any atom is -0.480 e. The standard InChI is InChI=1S/C15H19BrN2O3/c1-10-8-11(5-6-12(10)16)17-14(19)9-18-7-3-2-4-13(18)15(20)21/h5-6,8,13H,2-4,7,9H2,1H3,(H,17,19)(H,20,21). The molecule has 0 aliphatic carbocycles. The van der Waals surface area contributed by atoms with E-state index < -0.39 is 12.0 Å². The van der Waals surface area contributed by atoms with E-state index in [9.17, 15) is 14.7 Å². The molecule has 0 spiro atoms. The molecule has 2 N–H and O–H groups in total. The maximum atomic E-state index is 12.1. The molecular formula is C15H19BrN2O3. The maximum absolute atomic E-state index is 12.1. The van der Waals surface area contributed by atoms with Crippen molar-refractivity contribution in [1.82, 2.24) is 4.90 Å². The number of hydrogen-bond donors (Lipinski definition) is 2. The number of anilines is 1. The van der Waals surface area contributed by atoms with Crippen LogP contribution in [0, 0.1) is 6.92 Å². The molecule has 1 amide bonds. The van der Waals surface area contributed by atoms with Gasteiger partial charge in [-0.25, -0.2) is 0 Å². The van der Waals surface area contributed by atoms with Gasteiger partial charge in [0.15, 0.2) is 0 Å². The minimum absolute atomic E-state index is 0.117. The lowest BCUT2D eigenvalue weighted by molar-refractivity contribution is -0.145. The largest absolute Gasteiger partial charge is 0.480 e. The van der Waals surface area contributed by atoms with Gasteiger partial charge in [0.1, 0.15) is 6.04 Å². The molecule has 0 bridgehead atoms. The van der Waals surface area contributed by atoms with E-state index in [0.29, 0.717) is 13.0 Å². The fourth-order valence-electron chi connectivity index (χ4n) is 2.57. The van der Waals surface area contributed by atoms with E-state index in [1.54, 1.807) is 4.90 Å². The van der Waals surface area contributed by atoms with Gasteiger partial charge in [-0.05, 0) is 50.1 Å². The molecule has 1 atom stereocenters. The van der Waals surface area contributed by atoms with Crippen LogP contribution in [0.3, 0.4) is 0 Å². The quantitative estimate of drug-likeness (QED) is 0.871. The summed E-state index contributed by atoms with van der Waals surface area (Å²) in [7, 11) is 0. The summed E-state index contributed by atoms with van der Waals surface area (Å²) in [5, 5.41) is 12.0. The lowest BCUT2D eigenvalue weighted by atomic mass is 10.0. The number of nitrogens with zero attached hydrogens (tertiary/aromatic N) is 1. The molecule has 1 saturated heterocycles. The van der Waals surface area contributed by atoms with Crippen molar-refractivity contribution >= 4 is 33.5 Å². The van der Waals surface area contributed by atoms with Crippen LogP contribution >= 0.6 is 15.9 Å². The Hall–Kier alpha value is -1.40. The van der Waals surface area contributed by atoms with E-state index >= 15 is 0 Å². The second kappa shape index (κ2) is 7.04.